The number of carbonyl (C=O) groups is 1. The smallest absolute Gasteiger partial charge is 0.332 e. The van der Waals surface area contributed by atoms with Gasteiger partial charge in [-0.25, -0.2) is 4.79 Å². The molecule has 1 saturated heterocycles. The molecule has 3 nitrogen and oxygen atoms in total. The molecule has 0 saturated carbocycles. The quantitative estimate of drug-likeness (QED) is 0.698. The molecule has 0 aromatic heterocycles. The molecular formula is C9H14ClNO2. The first-order chi connectivity index (χ1) is 5.70. The van der Waals surface area contributed by atoms with Gasteiger partial charge in [0, 0.05) is 12.1 Å². The zero-order chi connectivity index (χ0) is 8.72. The molecule has 0 spiro atoms. The van der Waals surface area contributed by atoms with E-state index in [9.17, 15) is 4.79 Å². The maximum atomic E-state index is 10.8. The van der Waals surface area contributed by atoms with Gasteiger partial charge in [-0.1, -0.05) is 6.08 Å². The lowest BCUT2D eigenvalue weighted by Gasteiger charge is -2.29. The fraction of sp³-hybridized carbons (Fsp3) is 0.667. The molecule has 0 aromatic rings. The van der Waals surface area contributed by atoms with Crippen molar-refractivity contribution in [1.82, 2.24) is 4.90 Å². The van der Waals surface area contributed by atoms with E-state index in [2.05, 4.69) is 4.90 Å². The molecule has 4 heteroatoms. The standard InChI is InChI=1S/C9H13NO2.ClH/c1-10-6-2-4-7(9(11)12)8(10)5-3-6;/h4,6,8H,2-3,5H2,1H3,(H,11,12);1H. The number of fused-ring (bicyclic) bond motifs is 2. The molecule has 13 heavy (non-hydrogen) atoms. The Bertz CT molecular complexity index is 252. The van der Waals surface area contributed by atoms with Crippen LogP contribution in [0.15, 0.2) is 11.6 Å². The monoisotopic (exact) mass is 203 g/mol. The van der Waals surface area contributed by atoms with Gasteiger partial charge in [-0.05, 0) is 26.3 Å². The molecule has 2 aliphatic rings. The molecule has 1 fully saturated rings. The Hall–Kier alpha value is -0.540. The summed E-state index contributed by atoms with van der Waals surface area (Å²) in [5.74, 6) is -0.743. The van der Waals surface area contributed by atoms with E-state index in [1.165, 1.54) is 0 Å². The van der Waals surface area contributed by atoms with Gasteiger partial charge in [0.2, 0.25) is 0 Å². The first kappa shape index (κ1) is 10.5. The van der Waals surface area contributed by atoms with Crippen molar-refractivity contribution in [1.29, 1.82) is 0 Å². The summed E-state index contributed by atoms with van der Waals surface area (Å²) in [7, 11) is 2.03. The second kappa shape index (κ2) is 3.68. The summed E-state index contributed by atoms with van der Waals surface area (Å²) in [5.41, 5.74) is 0.603. The molecule has 2 unspecified atom stereocenters. The summed E-state index contributed by atoms with van der Waals surface area (Å²) in [6.07, 6.45) is 4.97. The lowest BCUT2D eigenvalue weighted by molar-refractivity contribution is -0.133. The first-order valence-electron chi connectivity index (χ1n) is 4.35. The Morgan fingerprint density at radius 1 is 1.62 bits per heavy atom. The van der Waals surface area contributed by atoms with E-state index in [1.54, 1.807) is 0 Å². The summed E-state index contributed by atoms with van der Waals surface area (Å²) in [5, 5.41) is 8.88. The normalized spacial score (nSPS) is 32.2. The van der Waals surface area contributed by atoms with Crippen molar-refractivity contribution in [2.45, 2.75) is 31.3 Å². The van der Waals surface area contributed by atoms with Crippen LogP contribution in [-0.2, 0) is 4.79 Å². The van der Waals surface area contributed by atoms with Gasteiger partial charge in [-0.15, -0.1) is 12.4 Å². The van der Waals surface area contributed by atoms with Crippen molar-refractivity contribution >= 4 is 18.4 Å². The molecule has 2 atom stereocenters. The summed E-state index contributed by atoms with van der Waals surface area (Å²) < 4.78 is 0. The Morgan fingerprint density at radius 3 is 2.92 bits per heavy atom. The SMILES string of the molecule is CN1C2CC=C(C(=O)O)C1CC2.Cl. The number of aliphatic carboxylic acids is 1. The van der Waals surface area contributed by atoms with E-state index in [1.807, 2.05) is 13.1 Å². The highest BCUT2D eigenvalue weighted by atomic mass is 35.5. The van der Waals surface area contributed by atoms with Gasteiger partial charge in [-0.3, -0.25) is 4.90 Å². The van der Waals surface area contributed by atoms with Crippen LogP contribution in [0, 0.1) is 0 Å². The molecule has 0 aliphatic carbocycles. The highest BCUT2D eigenvalue weighted by Crippen LogP contribution is 2.33. The van der Waals surface area contributed by atoms with Crippen LogP contribution in [0.2, 0.25) is 0 Å². The lowest BCUT2D eigenvalue weighted by atomic mass is 10.0. The van der Waals surface area contributed by atoms with Crippen molar-refractivity contribution in [2.24, 2.45) is 0 Å². The predicted molar refractivity (Wildman–Crippen MR) is 52.2 cm³/mol. The lowest BCUT2D eigenvalue weighted by Crippen LogP contribution is -2.38. The maximum Gasteiger partial charge on any atom is 0.332 e. The van der Waals surface area contributed by atoms with Crippen molar-refractivity contribution in [3.05, 3.63) is 11.6 Å². The number of halogens is 1. The minimum Gasteiger partial charge on any atom is -0.478 e. The Kier molecular flexibility index (Phi) is 2.98. The zero-order valence-corrected chi connectivity index (χ0v) is 8.38. The molecule has 0 amide bonds. The highest BCUT2D eigenvalue weighted by Gasteiger charge is 2.37. The Morgan fingerprint density at radius 2 is 2.31 bits per heavy atom. The largest absolute Gasteiger partial charge is 0.478 e. The van der Waals surface area contributed by atoms with Crippen molar-refractivity contribution in [3.8, 4) is 0 Å². The number of carboxylic acids is 1. The van der Waals surface area contributed by atoms with Gasteiger partial charge in [-0.2, -0.15) is 0 Å². The summed E-state index contributed by atoms with van der Waals surface area (Å²) in [6, 6.07) is 0.777. The summed E-state index contributed by atoms with van der Waals surface area (Å²) in [6.45, 7) is 0. The third-order valence-corrected chi connectivity index (χ3v) is 3.06. The van der Waals surface area contributed by atoms with Crippen LogP contribution in [-0.4, -0.2) is 35.1 Å². The van der Waals surface area contributed by atoms with E-state index in [4.69, 9.17) is 5.11 Å². The molecule has 2 bridgehead atoms. The molecule has 2 aliphatic heterocycles. The number of rotatable bonds is 1. The van der Waals surface area contributed by atoms with E-state index in [0.717, 1.165) is 19.3 Å². The van der Waals surface area contributed by atoms with Crippen molar-refractivity contribution in [2.75, 3.05) is 7.05 Å². The zero-order valence-electron chi connectivity index (χ0n) is 7.56. The minimum atomic E-state index is -0.743. The minimum absolute atomic E-state index is 0. The van der Waals surface area contributed by atoms with E-state index < -0.39 is 5.97 Å². The third-order valence-electron chi connectivity index (χ3n) is 3.06. The fourth-order valence-corrected chi connectivity index (χ4v) is 2.30. The van der Waals surface area contributed by atoms with Crippen LogP contribution in [0.25, 0.3) is 0 Å². The molecule has 2 rings (SSSR count). The number of nitrogens with zero attached hydrogens (tertiary/aromatic N) is 1. The van der Waals surface area contributed by atoms with Crippen LogP contribution in [0.3, 0.4) is 0 Å². The van der Waals surface area contributed by atoms with Crippen LogP contribution < -0.4 is 0 Å². The first-order valence-corrected chi connectivity index (χ1v) is 4.35. The summed E-state index contributed by atoms with van der Waals surface area (Å²) in [4.78, 5) is 13.0. The van der Waals surface area contributed by atoms with E-state index in [0.29, 0.717) is 11.6 Å². The molecule has 0 radical (unpaired) electrons. The van der Waals surface area contributed by atoms with Crippen molar-refractivity contribution < 1.29 is 9.90 Å². The molecule has 0 aromatic carbocycles. The topological polar surface area (TPSA) is 40.5 Å². The second-order valence-electron chi connectivity index (χ2n) is 3.61. The van der Waals surface area contributed by atoms with Crippen LogP contribution in [0.4, 0.5) is 0 Å². The number of likely N-dealkylation sites (N-methyl/N-ethyl adjacent to an activating group) is 1. The maximum absolute atomic E-state index is 10.8. The van der Waals surface area contributed by atoms with Gasteiger partial charge in [0.1, 0.15) is 0 Å². The molecule has 2 heterocycles. The fourth-order valence-electron chi connectivity index (χ4n) is 2.30. The summed E-state index contributed by atoms with van der Waals surface area (Å²) >= 11 is 0. The molecule has 1 N–H and O–H groups in total. The van der Waals surface area contributed by atoms with Crippen LogP contribution >= 0.6 is 12.4 Å². The van der Waals surface area contributed by atoms with Gasteiger partial charge in [0.15, 0.2) is 0 Å². The number of hydrogen-bond acceptors (Lipinski definition) is 2. The second-order valence-corrected chi connectivity index (χ2v) is 3.61. The van der Waals surface area contributed by atoms with Gasteiger partial charge in [0.25, 0.3) is 0 Å². The molecule has 74 valence electrons. The van der Waals surface area contributed by atoms with Crippen LogP contribution in [0.5, 0.6) is 0 Å². The van der Waals surface area contributed by atoms with Crippen molar-refractivity contribution in [3.63, 3.8) is 0 Å². The predicted octanol–water partition coefficient (Wildman–Crippen LogP) is 1.29. The Labute approximate surface area is 83.8 Å². The average Bonchev–Trinajstić information content (AvgIpc) is 2.32. The van der Waals surface area contributed by atoms with Gasteiger partial charge in [0.05, 0.1) is 5.57 Å². The highest BCUT2D eigenvalue weighted by molar-refractivity contribution is 5.88. The number of hydrogen-bond donors (Lipinski definition) is 1. The third kappa shape index (κ3) is 1.58. The van der Waals surface area contributed by atoms with Crippen LogP contribution in [0.1, 0.15) is 19.3 Å². The van der Waals surface area contributed by atoms with E-state index >= 15 is 0 Å². The van der Waals surface area contributed by atoms with Gasteiger partial charge >= 0.3 is 5.97 Å². The Balaban J connectivity index is 0.000000845. The van der Waals surface area contributed by atoms with Gasteiger partial charge < -0.3 is 5.11 Å². The average molecular weight is 204 g/mol. The molecular weight excluding hydrogens is 190 g/mol. The van der Waals surface area contributed by atoms with E-state index in [-0.39, 0.29) is 18.4 Å². The number of carboxylic acid groups (broad SMARTS) is 1.